The van der Waals surface area contributed by atoms with E-state index in [0.717, 1.165) is 0 Å². The summed E-state index contributed by atoms with van der Waals surface area (Å²) in [5.74, 6) is 0. The fourth-order valence-electron chi connectivity index (χ4n) is 4.74. The number of hydrogen-bond donors (Lipinski definition) is 10. The third kappa shape index (κ3) is 5.34. The predicted molar refractivity (Wildman–Crippen MR) is 111 cm³/mol. The minimum Gasteiger partial charge on any atom is -0.388 e. The van der Waals surface area contributed by atoms with Crippen molar-refractivity contribution in [3.8, 4) is 0 Å². The van der Waals surface area contributed by atoms with Crippen LogP contribution in [-0.4, -0.2) is 136 Å². The fraction of sp³-hybridized carbons (Fsp3) is 1.00. The molecule has 2 saturated heterocycles. The van der Waals surface area contributed by atoms with Crippen LogP contribution in [0.5, 0.6) is 0 Å². The molecule has 0 spiro atoms. The molecule has 13 N–H and O–H groups in total. The first-order valence-electron chi connectivity index (χ1n) is 11.0. The normalized spacial score (nSPS) is 53.7. The molecule has 14 nitrogen and oxygen atoms in total. The number of nitrogens with one attached hydrogen (secondary N) is 1. The molecule has 194 valence electrons. The highest BCUT2D eigenvalue weighted by molar-refractivity contribution is 5.02. The van der Waals surface area contributed by atoms with Gasteiger partial charge in [0.1, 0.15) is 54.4 Å². The van der Waals surface area contributed by atoms with Crippen molar-refractivity contribution in [1.82, 2.24) is 5.32 Å². The van der Waals surface area contributed by atoms with E-state index in [2.05, 4.69) is 5.32 Å². The Labute approximate surface area is 191 Å². The molecule has 33 heavy (non-hydrogen) atoms. The Morgan fingerprint density at radius 2 is 1.48 bits per heavy atom. The maximum atomic E-state index is 11.0. The number of aliphatic hydroxyl groups is 6. The molecule has 0 aromatic rings. The second-order valence-electron chi connectivity index (χ2n) is 9.30. The minimum absolute atomic E-state index is 0.138. The minimum atomic E-state index is -1.63. The lowest BCUT2D eigenvalue weighted by Crippen LogP contribution is -2.69. The molecular weight excluding hydrogens is 444 g/mol. The van der Waals surface area contributed by atoms with E-state index in [1.807, 2.05) is 0 Å². The monoisotopic (exact) mass is 482 g/mol. The summed E-state index contributed by atoms with van der Waals surface area (Å²) in [7, 11) is 1.57. The first-order valence-corrected chi connectivity index (χ1v) is 11.0. The van der Waals surface area contributed by atoms with Crippen LogP contribution < -0.4 is 22.5 Å². The topological polar surface area (TPSA) is 248 Å². The summed E-state index contributed by atoms with van der Waals surface area (Å²) in [4.78, 5) is 0. The van der Waals surface area contributed by atoms with Gasteiger partial charge in [-0.15, -0.1) is 0 Å². The lowest BCUT2D eigenvalue weighted by atomic mass is 9.84. The van der Waals surface area contributed by atoms with E-state index >= 15 is 0 Å². The van der Waals surface area contributed by atoms with Crippen molar-refractivity contribution in [2.24, 2.45) is 17.2 Å². The summed E-state index contributed by atoms with van der Waals surface area (Å²) in [6.45, 7) is 1.22. The van der Waals surface area contributed by atoms with Gasteiger partial charge in [0.05, 0.1) is 12.6 Å². The summed E-state index contributed by atoms with van der Waals surface area (Å²) >= 11 is 0. The Morgan fingerprint density at radius 3 is 2.03 bits per heavy atom. The smallest absolute Gasteiger partial charge is 0.187 e. The van der Waals surface area contributed by atoms with Crippen LogP contribution in [0.25, 0.3) is 0 Å². The molecule has 0 aromatic heterocycles. The number of likely N-dealkylation sites (N-methyl/N-ethyl adjacent to an activating group) is 1. The van der Waals surface area contributed by atoms with Crippen molar-refractivity contribution in [2.75, 3.05) is 20.2 Å². The molecule has 0 unspecified atom stereocenters. The highest BCUT2D eigenvalue weighted by atomic mass is 16.7. The number of hydrogen-bond acceptors (Lipinski definition) is 14. The summed E-state index contributed by atoms with van der Waals surface area (Å²) in [6, 6.07) is -2.30. The highest BCUT2D eigenvalue weighted by Gasteiger charge is 2.52. The molecule has 0 bridgehead atoms. The van der Waals surface area contributed by atoms with E-state index in [1.54, 1.807) is 7.05 Å². The highest BCUT2D eigenvalue weighted by Crippen LogP contribution is 2.31. The molecular formula is C19H38N4O10. The summed E-state index contributed by atoms with van der Waals surface area (Å²) in [5, 5.41) is 65.2. The predicted octanol–water partition coefficient (Wildman–Crippen LogP) is -6.00. The SMILES string of the molecule is CN[C@@H]1[C@H](O)[C@H](O[C@H]2[C@@H](O)[C@@H](O[C@@H]3O[C@H](CN)[C@H](O)[C@H](O)[C@@H]3O)[C@@H](N)C[C@H]2N)OC[C@@]1(C)O. The molecule has 1 aliphatic carbocycles. The average Bonchev–Trinajstić information content (AvgIpc) is 2.75. The van der Waals surface area contributed by atoms with Crippen LogP contribution in [0.3, 0.4) is 0 Å². The number of aliphatic hydroxyl groups excluding tert-OH is 5. The van der Waals surface area contributed by atoms with Crippen LogP contribution in [0.2, 0.25) is 0 Å². The van der Waals surface area contributed by atoms with E-state index in [0.29, 0.717) is 0 Å². The quantitative estimate of drug-likeness (QED) is 0.169. The average molecular weight is 483 g/mol. The molecule has 2 heterocycles. The van der Waals surface area contributed by atoms with Crippen molar-refractivity contribution in [1.29, 1.82) is 0 Å². The zero-order valence-electron chi connectivity index (χ0n) is 18.7. The maximum absolute atomic E-state index is 11.0. The third-order valence-corrected chi connectivity index (χ3v) is 6.69. The summed E-state index contributed by atoms with van der Waals surface area (Å²) in [6.07, 6.45) is -13.0. The molecule has 3 fully saturated rings. The lowest BCUT2D eigenvalue weighted by Gasteiger charge is -2.48. The standard InChI is InChI=1S/C19H38N4O10/c1-19(29)5-30-17(13(28)16(19)23-2)32-14-6(21)3-7(22)15(12(14)27)33-18-11(26)10(25)9(24)8(4-20)31-18/h6-18,23-29H,3-5,20-22H2,1-2H3/t6-,7+,8-,9+,10+,11+,12-,13+,14-,15+,16-,17+,18+,19-/m1/s1. The van der Waals surface area contributed by atoms with Gasteiger partial charge in [0.25, 0.3) is 0 Å². The summed E-state index contributed by atoms with van der Waals surface area (Å²) in [5.41, 5.74) is 16.5. The zero-order chi connectivity index (χ0) is 24.7. The van der Waals surface area contributed by atoms with Gasteiger partial charge < -0.3 is 72.1 Å². The Morgan fingerprint density at radius 1 is 0.909 bits per heavy atom. The molecule has 0 radical (unpaired) electrons. The summed E-state index contributed by atoms with van der Waals surface area (Å²) < 4.78 is 22.5. The van der Waals surface area contributed by atoms with Gasteiger partial charge in [0.2, 0.25) is 0 Å². The van der Waals surface area contributed by atoms with Gasteiger partial charge in [-0.25, -0.2) is 0 Å². The van der Waals surface area contributed by atoms with Gasteiger partial charge in [0, 0.05) is 18.6 Å². The van der Waals surface area contributed by atoms with Crippen LogP contribution in [0, 0.1) is 0 Å². The molecule has 14 atom stereocenters. The van der Waals surface area contributed by atoms with Crippen LogP contribution in [0.4, 0.5) is 0 Å². The Balaban J connectivity index is 1.71. The van der Waals surface area contributed by atoms with Crippen molar-refractivity contribution in [2.45, 2.75) is 98.5 Å². The lowest BCUT2D eigenvalue weighted by molar-refractivity contribution is -0.329. The molecule has 3 rings (SSSR count). The number of rotatable bonds is 6. The van der Waals surface area contributed by atoms with Crippen LogP contribution in [0.1, 0.15) is 13.3 Å². The first-order chi connectivity index (χ1) is 15.4. The molecule has 14 heteroatoms. The number of ether oxygens (including phenoxy) is 4. The molecule has 0 aromatic carbocycles. The van der Waals surface area contributed by atoms with Gasteiger partial charge in [-0.2, -0.15) is 0 Å². The van der Waals surface area contributed by atoms with Gasteiger partial charge >= 0.3 is 0 Å². The second kappa shape index (κ2) is 10.6. The molecule has 2 aliphatic heterocycles. The van der Waals surface area contributed by atoms with E-state index in [4.69, 9.17) is 36.1 Å². The molecule has 0 amide bonds. The fourth-order valence-corrected chi connectivity index (χ4v) is 4.74. The van der Waals surface area contributed by atoms with Gasteiger partial charge in [-0.3, -0.25) is 0 Å². The van der Waals surface area contributed by atoms with Crippen molar-refractivity contribution < 1.29 is 49.6 Å². The van der Waals surface area contributed by atoms with Crippen molar-refractivity contribution >= 4 is 0 Å². The zero-order valence-corrected chi connectivity index (χ0v) is 18.7. The Kier molecular flexibility index (Phi) is 8.68. The largest absolute Gasteiger partial charge is 0.388 e. The Hall–Kier alpha value is -0.560. The first kappa shape index (κ1) is 27.0. The molecule has 3 aliphatic rings. The van der Waals surface area contributed by atoms with E-state index in [9.17, 15) is 30.6 Å². The van der Waals surface area contributed by atoms with E-state index in [1.165, 1.54) is 6.92 Å². The van der Waals surface area contributed by atoms with Crippen LogP contribution in [-0.2, 0) is 18.9 Å². The number of nitrogens with two attached hydrogens (primary N) is 3. The van der Waals surface area contributed by atoms with Crippen LogP contribution in [0.15, 0.2) is 0 Å². The van der Waals surface area contributed by atoms with E-state index in [-0.39, 0.29) is 19.6 Å². The van der Waals surface area contributed by atoms with Gasteiger partial charge in [-0.1, -0.05) is 0 Å². The third-order valence-electron chi connectivity index (χ3n) is 6.69. The van der Waals surface area contributed by atoms with Crippen molar-refractivity contribution in [3.05, 3.63) is 0 Å². The second-order valence-corrected chi connectivity index (χ2v) is 9.30. The van der Waals surface area contributed by atoms with E-state index < -0.39 is 85.1 Å². The Bertz CT molecular complexity index is 646. The van der Waals surface area contributed by atoms with Gasteiger partial charge in [0.15, 0.2) is 12.6 Å². The maximum Gasteiger partial charge on any atom is 0.187 e. The molecule has 1 saturated carbocycles. The van der Waals surface area contributed by atoms with Gasteiger partial charge in [-0.05, 0) is 20.4 Å². The van der Waals surface area contributed by atoms with Crippen LogP contribution >= 0.6 is 0 Å². The van der Waals surface area contributed by atoms with Crippen molar-refractivity contribution in [3.63, 3.8) is 0 Å².